The van der Waals surface area contributed by atoms with E-state index in [2.05, 4.69) is 27.6 Å². The predicted octanol–water partition coefficient (Wildman–Crippen LogP) is 4.33. The zero-order chi connectivity index (χ0) is 20.1. The number of benzene rings is 2. The average Bonchev–Trinajstić information content (AvgIpc) is 2.70. The summed E-state index contributed by atoms with van der Waals surface area (Å²) in [4.78, 5) is 17.1. The highest BCUT2D eigenvalue weighted by molar-refractivity contribution is 14.1. The first-order valence-electron chi connectivity index (χ1n) is 8.71. The largest absolute Gasteiger partial charge is 0.494 e. The molecule has 0 bridgehead atoms. The van der Waals surface area contributed by atoms with Gasteiger partial charge in [0.25, 0.3) is 5.56 Å². The molecule has 28 heavy (non-hydrogen) atoms. The second kappa shape index (κ2) is 8.85. The first kappa shape index (κ1) is 19.8. The third-order valence-electron chi connectivity index (χ3n) is 4.48. The zero-order valence-electron chi connectivity index (χ0n) is 15.3. The summed E-state index contributed by atoms with van der Waals surface area (Å²) in [5.41, 5.74) is 2.11. The van der Waals surface area contributed by atoms with Gasteiger partial charge in [0.05, 0.1) is 11.3 Å². The van der Waals surface area contributed by atoms with Crippen LogP contribution in [0.3, 0.4) is 0 Å². The lowest BCUT2D eigenvalue weighted by Crippen LogP contribution is -2.26. The summed E-state index contributed by atoms with van der Waals surface area (Å²) in [5, 5.41) is 20.2. The molecule has 1 heterocycles. The molecule has 3 aromatic rings. The smallest absolute Gasteiger partial charge is 0.271 e. The summed E-state index contributed by atoms with van der Waals surface area (Å²) in [6.45, 7) is 1.92. The number of aryl methyl sites for hydroxylation is 1. The van der Waals surface area contributed by atoms with Gasteiger partial charge in [-0.05, 0) is 71.3 Å². The van der Waals surface area contributed by atoms with Crippen molar-refractivity contribution < 1.29 is 5.11 Å². The van der Waals surface area contributed by atoms with Gasteiger partial charge in [-0.2, -0.15) is 5.26 Å². The van der Waals surface area contributed by atoms with Crippen LogP contribution in [-0.4, -0.2) is 15.9 Å². The first-order valence-corrected chi connectivity index (χ1v) is 9.79. The molecular formula is C22H18IN3O2. The van der Waals surface area contributed by atoms with Crippen molar-refractivity contribution in [1.29, 1.82) is 5.26 Å². The molecule has 2 aromatic carbocycles. The number of rotatable bonds is 5. The molecule has 0 radical (unpaired) electrons. The number of aromatic nitrogens is 1. The Labute approximate surface area is 176 Å². The fraction of sp³-hybridized carbons (Fsp3) is 0.136. The molecule has 0 aliphatic carbocycles. The van der Waals surface area contributed by atoms with Crippen LogP contribution in [0.1, 0.15) is 22.3 Å². The van der Waals surface area contributed by atoms with Crippen molar-refractivity contribution in [1.82, 2.24) is 4.57 Å². The van der Waals surface area contributed by atoms with Gasteiger partial charge >= 0.3 is 0 Å². The van der Waals surface area contributed by atoms with Crippen LogP contribution in [-0.2, 0) is 13.0 Å². The van der Waals surface area contributed by atoms with Crippen molar-refractivity contribution in [3.63, 3.8) is 0 Å². The summed E-state index contributed by atoms with van der Waals surface area (Å²) in [7, 11) is 0. The molecule has 0 saturated carbocycles. The Morgan fingerprint density at radius 2 is 1.86 bits per heavy atom. The number of hydrogen-bond donors (Lipinski definition) is 1. The van der Waals surface area contributed by atoms with Crippen molar-refractivity contribution >= 4 is 34.5 Å². The van der Waals surface area contributed by atoms with Crippen LogP contribution in [0.25, 0.3) is 0 Å². The maximum atomic E-state index is 12.7. The molecule has 0 aliphatic rings. The second-order valence-electron chi connectivity index (χ2n) is 6.28. The molecule has 5 nitrogen and oxygen atoms in total. The average molecular weight is 483 g/mol. The quantitative estimate of drug-likeness (QED) is 0.434. The van der Waals surface area contributed by atoms with E-state index in [1.165, 1.54) is 10.8 Å². The van der Waals surface area contributed by atoms with Crippen LogP contribution >= 0.6 is 22.6 Å². The van der Waals surface area contributed by atoms with Gasteiger partial charge in [-0.3, -0.25) is 14.4 Å². The molecule has 3 rings (SSSR count). The summed E-state index contributed by atoms with van der Waals surface area (Å²) in [5.74, 6) is -0.174. The molecule has 1 N–H and O–H groups in total. The third kappa shape index (κ3) is 4.31. The van der Waals surface area contributed by atoms with E-state index in [1.54, 1.807) is 6.92 Å². The summed E-state index contributed by atoms with van der Waals surface area (Å²) in [6.07, 6.45) is 2.07. The standard InChI is InChI=1S/C22H18IN3O2/c1-15-19(13-24)21(27)26(12-11-16-5-3-2-4-6-16)22(28)20(15)14-25-18-9-7-17(23)8-10-18/h2-10,14,28H,11-12H2,1H3. The molecule has 0 atom stereocenters. The van der Waals surface area contributed by atoms with Gasteiger partial charge in [0.15, 0.2) is 0 Å². The summed E-state index contributed by atoms with van der Waals surface area (Å²) >= 11 is 2.21. The number of aliphatic imine (C=N–C) groups is 1. The number of aromatic hydroxyl groups is 1. The van der Waals surface area contributed by atoms with E-state index < -0.39 is 5.56 Å². The van der Waals surface area contributed by atoms with Crippen molar-refractivity contribution in [2.24, 2.45) is 4.99 Å². The lowest BCUT2D eigenvalue weighted by atomic mass is 10.1. The highest BCUT2D eigenvalue weighted by atomic mass is 127. The van der Waals surface area contributed by atoms with Crippen LogP contribution in [0, 0.1) is 21.8 Å². The van der Waals surface area contributed by atoms with Crippen molar-refractivity contribution in [3.8, 4) is 11.9 Å². The van der Waals surface area contributed by atoms with Crippen molar-refractivity contribution in [2.45, 2.75) is 19.9 Å². The molecule has 0 spiro atoms. The maximum Gasteiger partial charge on any atom is 0.271 e. The van der Waals surface area contributed by atoms with Gasteiger partial charge in [-0.25, -0.2) is 0 Å². The van der Waals surface area contributed by atoms with Crippen molar-refractivity contribution in [2.75, 3.05) is 0 Å². The number of pyridine rings is 1. The number of nitriles is 1. The van der Waals surface area contributed by atoms with Crippen LogP contribution < -0.4 is 5.56 Å². The monoisotopic (exact) mass is 483 g/mol. The predicted molar refractivity (Wildman–Crippen MR) is 118 cm³/mol. The van der Waals surface area contributed by atoms with E-state index in [0.29, 0.717) is 17.5 Å². The molecule has 0 unspecified atom stereocenters. The molecule has 0 saturated heterocycles. The minimum absolute atomic E-state index is 0.0231. The van der Waals surface area contributed by atoms with Gasteiger partial charge in [-0.15, -0.1) is 0 Å². The molecule has 0 amide bonds. The Balaban J connectivity index is 2.01. The van der Waals surface area contributed by atoms with Gasteiger partial charge < -0.3 is 5.11 Å². The normalized spacial score (nSPS) is 10.9. The Morgan fingerprint density at radius 1 is 1.18 bits per heavy atom. The van der Waals surface area contributed by atoms with Crippen molar-refractivity contribution in [3.05, 3.63) is 90.8 Å². The summed E-state index contributed by atoms with van der Waals surface area (Å²) in [6, 6.07) is 19.2. The highest BCUT2D eigenvalue weighted by Gasteiger charge is 2.17. The van der Waals surface area contributed by atoms with E-state index in [-0.39, 0.29) is 18.0 Å². The van der Waals surface area contributed by atoms with Crippen LogP contribution in [0.4, 0.5) is 5.69 Å². The Hall–Kier alpha value is -2.92. The maximum absolute atomic E-state index is 12.7. The number of halogens is 1. The number of hydrogen-bond acceptors (Lipinski definition) is 4. The highest BCUT2D eigenvalue weighted by Crippen LogP contribution is 2.22. The van der Waals surface area contributed by atoms with Gasteiger partial charge in [0.1, 0.15) is 11.6 Å². The molecule has 1 aromatic heterocycles. The molecular weight excluding hydrogens is 465 g/mol. The van der Waals surface area contributed by atoms with Crippen LogP contribution in [0.5, 0.6) is 5.88 Å². The fourth-order valence-corrected chi connectivity index (χ4v) is 3.24. The van der Waals surface area contributed by atoms with Crippen LogP contribution in [0.2, 0.25) is 0 Å². The van der Waals surface area contributed by atoms with Gasteiger partial charge in [-0.1, -0.05) is 30.3 Å². The molecule has 0 fully saturated rings. The fourth-order valence-electron chi connectivity index (χ4n) is 2.88. The lowest BCUT2D eigenvalue weighted by Gasteiger charge is -2.14. The van der Waals surface area contributed by atoms with Gasteiger partial charge in [0, 0.05) is 16.3 Å². The Bertz CT molecular complexity index is 1110. The van der Waals surface area contributed by atoms with Crippen LogP contribution in [0.15, 0.2) is 64.4 Å². The SMILES string of the molecule is Cc1c(C=Nc2ccc(I)cc2)c(O)n(CCc2ccccc2)c(=O)c1C#N. The lowest BCUT2D eigenvalue weighted by molar-refractivity contribution is 0.404. The van der Waals surface area contributed by atoms with E-state index in [1.807, 2.05) is 60.7 Å². The van der Waals surface area contributed by atoms with E-state index in [4.69, 9.17) is 0 Å². The minimum atomic E-state index is -0.486. The van der Waals surface area contributed by atoms with Gasteiger partial charge in [0.2, 0.25) is 5.88 Å². The molecule has 140 valence electrons. The van der Waals surface area contributed by atoms with E-state index >= 15 is 0 Å². The topological polar surface area (TPSA) is 78.4 Å². The molecule has 0 aliphatic heterocycles. The zero-order valence-corrected chi connectivity index (χ0v) is 17.4. The Kier molecular flexibility index (Phi) is 6.26. The summed E-state index contributed by atoms with van der Waals surface area (Å²) < 4.78 is 2.34. The molecule has 6 heteroatoms. The first-order chi connectivity index (χ1) is 13.5. The van der Waals surface area contributed by atoms with E-state index in [9.17, 15) is 15.2 Å². The number of nitrogens with zero attached hydrogens (tertiary/aromatic N) is 3. The minimum Gasteiger partial charge on any atom is -0.494 e. The van der Waals surface area contributed by atoms with E-state index in [0.717, 1.165) is 14.8 Å². The third-order valence-corrected chi connectivity index (χ3v) is 5.20. The Morgan fingerprint density at radius 3 is 2.50 bits per heavy atom. The second-order valence-corrected chi connectivity index (χ2v) is 7.52.